The van der Waals surface area contributed by atoms with Crippen LogP contribution in [0.5, 0.6) is 5.75 Å². The predicted molar refractivity (Wildman–Crippen MR) is 117 cm³/mol. The van der Waals surface area contributed by atoms with Crippen LogP contribution in [-0.4, -0.2) is 24.8 Å². The molecule has 0 aromatic heterocycles. The van der Waals surface area contributed by atoms with Gasteiger partial charge in [0.05, 0.1) is 28.7 Å². The molecule has 2 rings (SSSR count). The van der Waals surface area contributed by atoms with Gasteiger partial charge in [-0.1, -0.05) is 24.0 Å². The highest BCUT2D eigenvalue weighted by Crippen LogP contribution is 2.44. The Hall–Kier alpha value is -2.74. The third kappa shape index (κ3) is 6.90. The summed E-state index contributed by atoms with van der Waals surface area (Å²) in [6, 6.07) is 1.72. The summed E-state index contributed by atoms with van der Waals surface area (Å²) in [5, 5.41) is 2.24. The number of halogens is 9. The molecule has 0 fully saturated rings. The van der Waals surface area contributed by atoms with Crippen molar-refractivity contribution in [1.29, 1.82) is 0 Å². The maximum absolute atomic E-state index is 13.8. The molecule has 0 saturated heterocycles. The quantitative estimate of drug-likeness (QED) is 0.236. The lowest BCUT2D eigenvalue weighted by atomic mass is 9.94. The van der Waals surface area contributed by atoms with Crippen LogP contribution in [0.1, 0.15) is 22.3 Å². The lowest BCUT2D eigenvalue weighted by Gasteiger charge is -2.19. The second-order valence-corrected chi connectivity index (χ2v) is 8.19. The lowest BCUT2D eigenvalue weighted by molar-refractivity contribution is -0.143. The fourth-order valence-corrected chi connectivity index (χ4v) is 3.77. The van der Waals surface area contributed by atoms with Crippen molar-refractivity contribution >= 4 is 40.7 Å². The average molecular weight is 547 g/mol. The second kappa shape index (κ2) is 10.5. The molecule has 0 aliphatic heterocycles. The number of hydrogen-bond donors (Lipinski definition) is 1. The fraction of sp³-hybridized carbons (Fsp3) is 0.238. The molecule has 0 saturated carbocycles. The number of amides is 1. The highest BCUT2D eigenvalue weighted by Gasteiger charge is 2.39. The summed E-state index contributed by atoms with van der Waals surface area (Å²) < 4.78 is 127. The van der Waals surface area contributed by atoms with E-state index in [9.17, 15) is 44.3 Å². The van der Waals surface area contributed by atoms with E-state index >= 15 is 0 Å². The third-order valence-electron chi connectivity index (χ3n) is 4.46. The van der Waals surface area contributed by atoms with Gasteiger partial charge in [0.15, 0.2) is 0 Å². The molecular formula is C21H14F9NO2S2. The molecule has 0 unspecified atom stereocenters. The normalized spacial score (nSPS) is 12.9. The molecule has 0 heterocycles. The number of rotatable bonds is 6. The van der Waals surface area contributed by atoms with Gasteiger partial charge in [-0.15, -0.1) is 0 Å². The Morgan fingerprint density at radius 1 is 0.886 bits per heavy atom. The highest BCUT2D eigenvalue weighted by molar-refractivity contribution is 8.24. The first-order valence-corrected chi connectivity index (χ1v) is 10.5. The molecule has 2 aromatic rings. The number of thioether (sulfide) groups is 1. The van der Waals surface area contributed by atoms with Crippen molar-refractivity contribution in [3.8, 4) is 16.9 Å². The molecule has 0 bridgehead atoms. The van der Waals surface area contributed by atoms with Crippen molar-refractivity contribution in [3.05, 3.63) is 57.5 Å². The number of benzene rings is 2. The van der Waals surface area contributed by atoms with Gasteiger partial charge in [-0.25, -0.2) is 0 Å². The summed E-state index contributed by atoms with van der Waals surface area (Å²) in [7, 11) is 2.12. The molecular weight excluding hydrogens is 533 g/mol. The molecule has 2 aromatic carbocycles. The Balaban J connectivity index is 2.97. The van der Waals surface area contributed by atoms with Gasteiger partial charge in [0.1, 0.15) is 5.75 Å². The van der Waals surface area contributed by atoms with Gasteiger partial charge >= 0.3 is 18.5 Å². The van der Waals surface area contributed by atoms with Crippen molar-refractivity contribution < 1.29 is 49.0 Å². The van der Waals surface area contributed by atoms with E-state index in [-0.39, 0.29) is 11.0 Å². The average Bonchev–Trinajstić information content (AvgIpc) is 2.75. The van der Waals surface area contributed by atoms with E-state index < -0.39 is 63.6 Å². The van der Waals surface area contributed by atoms with Crippen LogP contribution in [0.2, 0.25) is 0 Å². The van der Waals surface area contributed by atoms with E-state index in [0.29, 0.717) is 30.0 Å². The number of carbonyl (C=O) groups is 1. The number of nitrogens with one attached hydrogen (secondary N) is 1. The summed E-state index contributed by atoms with van der Waals surface area (Å²) in [5.41, 5.74) is -6.70. The van der Waals surface area contributed by atoms with Crippen LogP contribution < -0.4 is 10.1 Å². The predicted octanol–water partition coefficient (Wildman–Crippen LogP) is 7.20. The smallest absolute Gasteiger partial charge is 0.420 e. The number of likely N-dealkylation sites (N-methyl/N-ethyl adjacent to an activating group) is 1. The molecule has 0 aliphatic rings. The van der Waals surface area contributed by atoms with Crippen molar-refractivity contribution in [2.75, 3.05) is 14.2 Å². The minimum Gasteiger partial charge on any atom is -0.495 e. The van der Waals surface area contributed by atoms with Gasteiger partial charge in [-0.3, -0.25) is 4.79 Å². The van der Waals surface area contributed by atoms with E-state index in [1.54, 1.807) is 0 Å². The van der Waals surface area contributed by atoms with Crippen molar-refractivity contribution in [2.24, 2.45) is 0 Å². The van der Waals surface area contributed by atoms with Gasteiger partial charge in [0.2, 0.25) is 0 Å². The van der Waals surface area contributed by atoms with Crippen LogP contribution in [0.3, 0.4) is 0 Å². The monoisotopic (exact) mass is 547 g/mol. The summed E-state index contributed by atoms with van der Waals surface area (Å²) in [4.78, 5) is 11.9. The zero-order chi connectivity index (χ0) is 26.8. The van der Waals surface area contributed by atoms with Gasteiger partial charge in [-0.05, 0) is 47.5 Å². The first-order valence-electron chi connectivity index (χ1n) is 9.16. The van der Waals surface area contributed by atoms with Gasteiger partial charge in [0.25, 0.3) is 5.91 Å². The van der Waals surface area contributed by atoms with Crippen molar-refractivity contribution in [1.82, 2.24) is 5.32 Å². The maximum Gasteiger partial charge on any atom is 0.420 e. The van der Waals surface area contributed by atoms with E-state index in [2.05, 4.69) is 17.5 Å². The number of carbonyl (C=O) groups excluding carboxylic acids is 1. The Kier molecular flexibility index (Phi) is 8.53. The van der Waals surface area contributed by atoms with Gasteiger partial charge < -0.3 is 10.1 Å². The number of hydrogen-bond acceptors (Lipinski definition) is 4. The van der Waals surface area contributed by atoms with Gasteiger partial charge in [-0.2, -0.15) is 39.5 Å². The van der Waals surface area contributed by atoms with E-state index in [1.807, 2.05) is 0 Å². The van der Waals surface area contributed by atoms with Crippen molar-refractivity contribution in [3.63, 3.8) is 0 Å². The first-order chi connectivity index (χ1) is 16.0. The van der Waals surface area contributed by atoms with Crippen LogP contribution in [0.4, 0.5) is 39.5 Å². The number of methoxy groups -OCH3 is 1. The van der Waals surface area contributed by atoms with Crippen LogP contribution in [-0.2, 0) is 23.3 Å². The molecule has 0 spiro atoms. The van der Waals surface area contributed by atoms with E-state index in [4.69, 9.17) is 4.74 Å². The minimum absolute atomic E-state index is 0.141. The molecule has 3 nitrogen and oxygen atoms in total. The molecule has 0 atom stereocenters. The zero-order valence-electron chi connectivity index (χ0n) is 17.6. The molecule has 1 amide bonds. The molecule has 1 N–H and O–H groups in total. The lowest BCUT2D eigenvalue weighted by Crippen LogP contribution is -2.18. The molecule has 35 heavy (non-hydrogen) atoms. The maximum atomic E-state index is 13.8. The number of ether oxygens (including phenoxy) is 1. The largest absolute Gasteiger partial charge is 0.495 e. The highest BCUT2D eigenvalue weighted by atomic mass is 32.2. The Morgan fingerprint density at radius 3 is 1.80 bits per heavy atom. The molecule has 14 heteroatoms. The number of alkyl halides is 9. The summed E-state index contributed by atoms with van der Waals surface area (Å²) in [5.74, 6) is -1.55. The Labute approximate surface area is 202 Å². The SMILES string of the molecule is CNC(=O)/C(=C/c1cc(-c2cc(C(F)(F)F)cc(C(F)(F)F)c2)cc(C(F)(F)F)c1OC)SC=S. The van der Waals surface area contributed by atoms with E-state index in [0.717, 1.165) is 24.0 Å². The Bertz CT molecular complexity index is 1120. The summed E-state index contributed by atoms with van der Waals surface area (Å²) >= 11 is 5.31. The molecule has 0 radical (unpaired) electrons. The Morgan fingerprint density at radius 2 is 1.40 bits per heavy atom. The molecule has 0 aliphatic carbocycles. The first kappa shape index (κ1) is 28.5. The number of thiocarbonyl (C=S) groups is 1. The molecule has 190 valence electrons. The van der Waals surface area contributed by atoms with E-state index in [1.165, 1.54) is 7.05 Å². The summed E-state index contributed by atoms with van der Waals surface area (Å²) in [6.07, 6.45) is -14.6. The minimum atomic E-state index is -5.21. The van der Waals surface area contributed by atoms with Crippen molar-refractivity contribution in [2.45, 2.75) is 18.5 Å². The van der Waals surface area contributed by atoms with Crippen LogP contribution in [0.15, 0.2) is 35.2 Å². The zero-order valence-corrected chi connectivity index (χ0v) is 19.2. The standard InChI is InChI=1S/C21H14F9NO2S2/c1-31-18(32)16(35-9-34)7-12-3-10(6-15(17(12)33-2)21(28,29)30)11-4-13(19(22,23)24)8-14(5-11)20(25,26)27/h3-9H,1-2H3,(H,31,32)/b16-7-. The fourth-order valence-electron chi connectivity index (χ4n) is 2.95. The van der Waals surface area contributed by atoms with Crippen LogP contribution >= 0.6 is 24.0 Å². The van der Waals surface area contributed by atoms with Crippen LogP contribution in [0.25, 0.3) is 17.2 Å². The summed E-state index contributed by atoms with van der Waals surface area (Å²) in [6.45, 7) is 0. The third-order valence-corrected chi connectivity index (χ3v) is 5.40. The van der Waals surface area contributed by atoms with Gasteiger partial charge in [0, 0.05) is 17.3 Å². The van der Waals surface area contributed by atoms with Crippen LogP contribution in [0, 0.1) is 0 Å². The topological polar surface area (TPSA) is 38.3 Å². The second-order valence-electron chi connectivity index (χ2n) is 6.74.